The monoisotopic (exact) mass is 354 g/mol. The number of nitrogens with one attached hydrogen (secondary N) is 1. The van der Waals surface area contributed by atoms with Crippen LogP contribution >= 0.6 is 0 Å². The van der Waals surface area contributed by atoms with Crippen molar-refractivity contribution in [3.63, 3.8) is 0 Å². The van der Waals surface area contributed by atoms with E-state index in [0.717, 1.165) is 12.1 Å². The fourth-order valence-corrected chi connectivity index (χ4v) is 2.66. The van der Waals surface area contributed by atoms with Gasteiger partial charge in [-0.1, -0.05) is 6.07 Å². The Morgan fingerprint density at radius 1 is 1.28 bits per heavy atom. The fourth-order valence-electron chi connectivity index (χ4n) is 2.66. The summed E-state index contributed by atoms with van der Waals surface area (Å²) < 4.78 is 36.8. The summed E-state index contributed by atoms with van der Waals surface area (Å²) in [6.45, 7) is 3.97. The molecule has 1 aliphatic rings. The zero-order valence-electron chi connectivity index (χ0n) is 14.3. The first-order chi connectivity index (χ1) is 11.9. The lowest BCUT2D eigenvalue weighted by atomic mass is 9.94. The van der Waals surface area contributed by atoms with E-state index >= 15 is 0 Å². The molecule has 0 saturated carbocycles. The van der Waals surface area contributed by atoms with Crippen LogP contribution in [-0.4, -0.2) is 43.8 Å². The predicted octanol–water partition coefficient (Wildman–Crippen LogP) is 2.51. The van der Waals surface area contributed by atoms with Crippen molar-refractivity contribution < 1.29 is 27.8 Å². The third kappa shape index (κ3) is 3.96. The van der Waals surface area contributed by atoms with E-state index in [2.05, 4.69) is 5.32 Å². The number of hydrogen-bond donors (Lipinski definition) is 1. The number of carbonyl (C=O) groups is 2. The summed E-state index contributed by atoms with van der Waals surface area (Å²) in [7, 11) is 1.47. The van der Waals surface area contributed by atoms with E-state index < -0.39 is 29.7 Å². The van der Waals surface area contributed by atoms with Crippen molar-refractivity contribution in [1.29, 1.82) is 0 Å². The number of nitrogens with zero attached hydrogens (tertiary/aromatic N) is 1. The standard InChI is InChI=1S/C17H20F2N2O4/c1-4-21-10(2)14(16(22)25-8-7-24-3)15(20-17(21)23)11-5-6-12(18)13(19)9-11/h5-6,9,15H,4,7-8H2,1-3H3,(H,20,23)/t15-/m0/s1. The van der Waals surface area contributed by atoms with Crippen LogP contribution in [0.2, 0.25) is 0 Å². The lowest BCUT2D eigenvalue weighted by Gasteiger charge is -2.34. The predicted molar refractivity (Wildman–Crippen MR) is 85.5 cm³/mol. The van der Waals surface area contributed by atoms with Crippen LogP contribution in [0.4, 0.5) is 13.6 Å². The van der Waals surface area contributed by atoms with Crippen molar-refractivity contribution >= 4 is 12.0 Å². The third-order valence-corrected chi connectivity index (χ3v) is 3.93. The number of benzene rings is 1. The Morgan fingerprint density at radius 3 is 2.60 bits per heavy atom. The highest BCUT2D eigenvalue weighted by atomic mass is 19.2. The number of esters is 1. The van der Waals surface area contributed by atoms with Crippen LogP contribution in [0.25, 0.3) is 0 Å². The summed E-state index contributed by atoms with van der Waals surface area (Å²) in [4.78, 5) is 26.1. The van der Waals surface area contributed by atoms with Gasteiger partial charge in [-0.05, 0) is 31.5 Å². The maximum absolute atomic E-state index is 13.6. The molecule has 1 aromatic rings. The minimum Gasteiger partial charge on any atom is -0.460 e. The molecule has 0 saturated heterocycles. The number of amides is 2. The number of rotatable bonds is 6. The maximum Gasteiger partial charge on any atom is 0.338 e. The quantitative estimate of drug-likeness (QED) is 0.630. The lowest BCUT2D eigenvalue weighted by molar-refractivity contribution is -0.140. The number of halogens is 2. The molecule has 1 N–H and O–H groups in total. The van der Waals surface area contributed by atoms with Crippen LogP contribution in [0.1, 0.15) is 25.5 Å². The van der Waals surface area contributed by atoms with E-state index in [-0.39, 0.29) is 24.4 Å². The normalized spacial score (nSPS) is 17.6. The maximum atomic E-state index is 13.6. The van der Waals surface area contributed by atoms with E-state index in [4.69, 9.17) is 9.47 Å². The Bertz CT molecular complexity index is 706. The highest BCUT2D eigenvalue weighted by Crippen LogP contribution is 2.31. The molecule has 0 unspecified atom stereocenters. The molecule has 8 heteroatoms. The van der Waals surface area contributed by atoms with Gasteiger partial charge in [0.05, 0.1) is 18.2 Å². The summed E-state index contributed by atoms with van der Waals surface area (Å²) in [5.41, 5.74) is 0.827. The lowest BCUT2D eigenvalue weighted by Crippen LogP contribution is -2.48. The minimum absolute atomic E-state index is 0.0384. The van der Waals surface area contributed by atoms with Gasteiger partial charge >= 0.3 is 12.0 Å². The van der Waals surface area contributed by atoms with Crippen molar-refractivity contribution in [1.82, 2.24) is 10.2 Å². The molecule has 1 atom stereocenters. The summed E-state index contributed by atoms with van der Waals surface area (Å²) in [6, 6.07) is 1.87. The second-order valence-corrected chi connectivity index (χ2v) is 5.43. The molecule has 1 heterocycles. The number of carbonyl (C=O) groups excluding carboxylic acids is 2. The highest BCUT2D eigenvalue weighted by molar-refractivity contribution is 5.95. The minimum atomic E-state index is -1.06. The van der Waals surface area contributed by atoms with Crippen LogP contribution in [0.5, 0.6) is 0 Å². The number of ether oxygens (including phenoxy) is 2. The van der Waals surface area contributed by atoms with Crippen molar-refractivity contribution in [2.45, 2.75) is 19.9 Å². The Balaban J connectivity index is 2.44. The van der Waals surface area contributed by atoms with Gasteiger partial charge < -0.3 is 14.8 Å². The number of methoxy groups -OCH3 is 1. The van der Waals surface area contributed by atoms with Crippen LogP contribution in [0.3, 0.4) is 0 Å². The Labute approximate surface area is 144 Å². The van der Waals surface area contributed by atoms with Gasteiger partial charge in [-0.25, -0.2) is 18.4 Å². The van der Waals surface area contributed by atoms with Crippen LogP contribution in [0.15, 0.2) is 29.5 Å². The van der Waals surface area contributed by atoms with Crippen LogP contribution in [0, 0.1) is 11.6 Å². The summed E-state index contributed by atoms with van der Waals surface area (Å²) in [5, 5.41) is 2.64. The second kappa shape index (κ2) is 8.06. The van der Waals surface area contributed by atoms with E-state index in [1.807, 2.05) is 0 Å². The zero-order chi connectivity index (χ0) is 18.6. The highest BCUT2D eigenvalue weighted by Gasteiger charge is 2.36. The topological polar surface area (TPSA) is 67.9 Å². The Kier molecular flexibility index (Phi) is 6.08. The number of hydrogen-bond acceptors (Lipinski definition) is 4. The van der Waals surface area contributed by atoms with Gasteiger partial charge in [-0.15, -0.1) is 0 Å². The van der Waals surface area contributed by atoms with Gasteiger partial charge in [0.15, 0.2) is 11.6 Å². The van der Waals surface area contributed by atoms with Gasteiger partial charge in [-0.2, -0.15) is 0 Å². The molecule has 0 bridgehead atoms. The smallest absolute Gasteiger partial charge is 0.338 e. The van der Waals surface area contributed by atoms with Crippen molar-refractivity contribution in [2.75, 3.05) is 26.9 Å². The molecule has 0 fully saturated rings. The molecule has 2 amide bonds. The van der Waals surface area contributed by atoms with Crippen LogP contribution in [-0.2, 0) is 14.3 Å². The Hall–Kier alpha value is -2.48. The third-order valence-electron chi connectivity index (χ3n) is 3.93. The summed E-state index contributed by atoms with van der Waals surface area (Å²) >= 11 is 0. The number of urea groups is 1. The van der Waals surface area contributed by atoms with E-state index in [9.17, 15) is 18.4 Å². The Morgan fingerprint density at radius 2 is 2.00 bits per heavy atom. The molecule has 0 radical (unpaired) electrons. The van der Waals surface area contributed by atoms with Gasteiger partial charge in [0.2, 0.25) is 0 Å². The van der Waals surface area contributed by atoms with Gasteiger partial charge in [0.25, 0.3) is 0 Å². The molecule has 0 aromatic heterocycles. The van der Waals surface area contributed by atoms with E-state index in [1.165, 1.54) is 18.1 Å². The number of allylic oxidation sites excluding steroid dienone is 1. The van der Waals surface area contributed by atoms with E-state index in [1.54, 1.807) is 13.8 Å². The molecule has 1 aromatic carbocycles. The second-order valence-electron chi connectivity index (χ2n) is 5.43. The molecule has 136 valence electrons. The van der Waals surface area contributed by atoms with Gasteiger partial charge in [0, 0.05) is 19.4 Å². The SMILES string of the molecule is CCN1C(=O)N[C@@H](c2ccc(F)c(F)c2)C(C(=O)OCCOC)=C1C. The zero-order valence-corrected chi connectivity index (χ0v) is 14.3. The molecular formula is C17H20F2N2O4. The van der Waals surface area contributed by atoms with Crippen LogP contribution < -0.4 is 5.32 Å². The summed E-state index contributed by atoms with van der Waals surface area (Å²) in [6.07, 6.45) is 0. The van der Waals surface area contributed by atoms with E-state index in [0.29, 0.717) is 12.2 Å². The first kappa shape index (κ1) is 18.9. The molecule has 0 aliphatic carbocycles. The molecule has 2 rings (SSSR count). The molecule has 0 spiro atoms. The average molecular weight is 354 g/mol. The first-order valence-electron chi connectivity index (χ1n) is 7.80. The van der Waals surface area contributed by atoms with Crippen molar-refractivity contribution in [3.8, 4) is 0 Å². The molecular weight excluding hydrogens is 334 g/mol. The van der Waals surface area contributed by atoms with Gasteiger partial charge in [0.1, 0.15) is 6.61 Å². The summed E-state index contributed by atoms with van der Waals surface area (Å²) in [5.74, 6) is -2.72. The molecule has 25 heavy (non-hydrogen) atoms. The first-order valence-corrected chi connectivity index (χ1v) is 7.80. The largest absolute Gasteiger partial charge is 0.460 e. The average Bonchev–Trinajstić information content (AvgIpc) is 2.57. The molecule has 6 nitrogen and oxygen atoms in total. The van der Waals surface area contributed by atoms with Crippen molar-refractivity contribution in [2.24, 2.45) is 0 Å². The fraction of sp³-hybridized carbons (Fsp3) is 0.412. The van der Waals surface area contributed by atoms with Crippen molar-refractivity contribution in [3.05, 3.63) is 46.7 Å². The molecule has 1 aliphatic heterocycles. The van der Waals surface area contributed by atoms with Gasteiger partial charge in [-0.3, -0.25) is 4.90 Å².